The number of carbonyl (C=O) groups excluding carboxylic acids is 1. The number of hydrogen-bond acceptors (Lipinski definition) is 3. The fourth-order valence-corrected chi connectivity index (χ4v) is 2.02. The Morgan fingerprint density at radius 2 is 1.75 bits per heavy atom. The quantitative estimate of drug-likeness (QED) is 0.895. The maximum absolute atomic E-state index is 11.8. The number of nitrogens with one attached hydrogen (secondary N) is 1. The summed E-state index contributed by atoms with van der Waals surface area (Å²) < 4.78 is 5.50. The zero-order chi connectivity index (χ0) is 14.5. The molecule has 0 fully saturated rings. The maximum Gasteiger partial charge on any atom is 0.417 e. The van der Waals surface area contributed by atoms with Gasteiger partial charge in [-0.05, 0) is 40.2 Å². The van der Waals surface area contributed by atoms with Crippen molar-refractivity contribution >= 4 is 33.7 Å². The molecule has 0 saturated heterocycles. The van der Waals surface area contributed by atoms with Crippen LogP contribution in [0.3, 0.4) is 0 Å². The van der Waals surface area contributed by atoms with Crippen LogP contribution in [-0.2, 0) is 0 Å². The van der Waals surface area contributed by atoms with Crippen molar-refractivity contribution in [2.24, 2.45) is 0 Å². The van der Waals surface area contributed by atoms with E-state index >= 15 is 0 Å². The summed E-state index contributed by atoms with van der Waals surface area (Å²) in [6.07, 6.45) is -0.759. The second-order valence-corrected chi connectivity index (χ2v) is 4.65. The predicted octanol–water partition coefficient (Wildman–Crippen LogP) is 3.76. The Morgan fingerprint density at radius 1 is 1.05 bits per heavy atom. The van der Waals surface area contributed by atoms with Crippen LogP contribution >= 0.6 is 15.9 Å². The number of hydrogen-bond donors (Lipinski definition) is 2. The molecule has 0 heterocycles. The molecule has 0 radical (unpaired) electrons. The number of rotatable bonds is 3. The summed E-state index contributed by atoms with van der Waals surface area (Å²) in [7, 11) is 0. The SMILES string of the molecule is O=C(Nc1c(Br)cccc1C(=O)O)Oc1ccccc1. The Morgan fingerprint density at radius 3 is 2.40 bits per heavy atom. The average Bonchev–Trinajstić information content (AvgIpc) is 2.42. The lowest BCUT2D eigenvalue weighted by molar-refractivity contribution is 0.0698. The largest absolute Gasteiger partial charge is 0.478 e. The van der Waals surface area contributed by atoms with Gasteiger partial charge in [-0.1, -0.05) is 24.3 Å². The van der Waals surface area contributed by atoms with E-state index in [1.807, 2.05) is 0 Å². The number of halogens is 1. The molecule has 6 heteroatoms. The smallest absolute Gasteiger partial charge is 0.417 e. The van der Waals surface area contributed by atoms with Gasteiger partial charge in [-0.3, -0.25) is 5.32 Å². The van der Waals surface area contributed by atoms with Gasteiger partial charge in [-0.15, -0.1) is 0 Å². The van der Waals surface area contributed by atoms with E-state index in [4.69, 9.17) is 9.84 Å². The molecule has 2 N–H and O–H groups in total. The lowest BCUT2D eigenvalue weighted by Crippen LogP contribution is -2.19. The van der Waals surface area contributed by atoms with Gasteiger partial charge >= 0.3 is 12.1 Å². The van der Waals surface area contributed by atoms with E-state index in [0.717, 1.165) is 0 Å². The zero-order valence-electron chi connectivity index (χ0n) is 10.2. The normalized spacial score (nSPS) is 9.85. The highest BCUT2D eigenvalue weighted by Gasteiger charge is 2.16. The number of amides is 1. The molecule has 5 nitrogen and oxygen atoms in total. The van der Waals surface area contributed by atoms with Crippen LogP contribution in [0.4, 0.5) is 10.5 Å². The number of carboxylic acids is 1. The number of aromatic carboxylic acids is 1. The van der Waals surface area contributed by atoms with Gasteiger partial charge in [-0.2, -0.15) is 0 Å². The van der Waals surface area contributed by atoms with Crippen molar-refractivity contribution in [2.75, 3.05) is 5.32 Å². The minimum absolute atomic E-state index is 0.0237. The summed E-state index contributed by atoms with van der Waals surface area (Å²) in [6.45, 7) is 0. The lowest BCUT2D eigenvalue weighted by Gasteiger charge is -2.10. The van der Waals surface area contributed by atoms with Crippen molar-refractivity contribution in [2.45, 2.75) is 0 Å². The highest BCUT2D eigenvalue weighted by Crippen LogP contribution is 2.26. The maximum atomic E-state index is 11.8. The van der Waals surface area contributed by atoms with Crippen LogP contribution in [-0.4, -0.2) is 17.2 Å². The summed E-state index contributed by atoms with van der Waals surface area (Å²) >= 11 is 3.20. The fourth-order valence-electron chi connectivity index (χ4n) is 1.55. The number of ether oxygens (including phenoxy) is 1. The van der Waals surface area contributed by atoms with Crippen LogP contribution in [0, 0.1) is 0 Å². The van der Waals surface area contributed by atoms with E-state index in [-0.39, 0.29) is 11.3 Å². The van der Waals surface area contributed by atoms with Crippen LogP contribution in [0.1, 0.15) is 10.4 Å². The molecule has 2 aromatic rings. The highest BCUT2D eigenvalue weighted by molar-refractivity contribution is 9.10. The summed E-state index contributed by atoms with van der Waals surface area (Å²) in [5.74, 6) is -0.768. The van der Waals surface area contributed by atoms with Gasteiger partial charge in [0.05, 0.1) is 11.3 Å². The first-order chi connectivity index (χ1) is 9.58. The molecule has 0 aromatic heterocycles. The molecule has 0 aliphatic rings. The standard InChI is InChI=1S/C14H10BrNO4/c15-11-8-4-7-10(13(17)18)12(11)16-14(19)20-9-5-2-1-3-6-9/h1-8H,(H,16,19)(H,17,18). The molecule has 0 aliphatic carbocycles. The molecule has 2 aromatic carbocycles. The Kier molecular flexibility index (Phi) is 4.37. The molecule has 20 heavy (non-hydrogen) atoms. The third-order valence-electron chi connectivity index (χ3n) is 2.42. The molecule has 0 bridgehead atoms. The molecule has 1 amide bonds. The van der Waals surface area contributed by atoms with Gasteiger partial charge in [-0.25, -0.2) is 9.59 Å². The summed E-state index contributed by atoms with van der Waals surface area (Å²) in [6, 6.07) is 13.1. The second-order valence-electron chi connectivity index (χ2n) is 3.80. The number of carboxylic acid groups (broad SMARTS) is 1. The predicted molar refractivity (Wildman–Crippen MR) is 77.2 cm³/mol. The molecule has 2 rings (SSSR count). The van der Waals surface area contributed by atoms with E-state index in [2.05, 4.69) is 21.2 Å². The molecule has 0 unspecified atom stereocenters. The molecule has 0 atom stereocenters. The lowest BCUT2D eigenvalue weighted by atomic mass is 10.2. The molecule has 0 saturated carbocycles. The van der Waals surface area contributed by atoms with Crippen molar-refractivity contribution in [3.05, 3.63) is 58.6 Å². The average molecular weight is 336 g/mol. The van der Waals surface area contributed by atoms with Crippen LogP contribution in [0.2, 0.25) is 0 Å². The number of carbonyl (C=O) groups is 2. The van der Waals surface area contributed by atoms with Gasteiger partial charge in [0.2, 0.25) is 0 Å². The monoisotopic (exact) mass is 335 g/mol. The summed E-state index contributed by atoms with van der Waals surface area (Å²) in [5.41, 5.74) is 0.130. The molecule has 0 aliphatic heterocycles. The van der Waals surface area contributed by atoms with Gasteiger partial charge in [0.15, 0.2) is 0 Å². The van der Waals surface area contributed by atoms with Crippen molar-refractivity contribution in [1.82, 2.24) is 0 Å². The first kappa shape index (κ1) is 14.1. The molecule has 0 spiro atoms. The van der Waals surface area contributed by atoms with Crippen molar-refractivity contribution in [1.29, 1.82) is 0 Å². The molecular formula is C14H10BrNO4. The summed E-state index contributed by atoms with van der Waals surface area (Å²) in [4.78, 5) is 22.9. The first-order valence-corrected chi connectivity index (χ1v) is 6.43. The van der Waals surface area contributed by atoms with Gasteiger partial charge in [0.1, 0.15) is 5.75 Å². The number of para-hydroxylation sites is 2. The van der Waals surface area contributed by atoms with Crippen molar-refractivity contribution in [3.8, 4) is 5.75 Å². The minimum Gasteiger partial charge on any atom is -0.478 e. The molecular weight excluding hydrogens is 326 g/mol. The first-order valence-electron chi connectivity index (χ1n) is 5.63. The van der Waals surface area contributed by atoms with E-state index in [0.29, 0.717) is 10.2 Å². The third kappa shape index (κ3) is 3.36. The Bertz CT molecular complexity index is 643. The Hall–Kier alpha value is -2.34. The summed E-state index contributed by atoms with van der Waals surface area (Å²) in [5, 5.41) is 11.5. The van der Waals surface area contributed by atoms with Gasteiger partial charge in [0.25, 0.3) is 0 Å². The van der Waals surface area contributed by atoms with Crippen molar-refractivity contribution in [3.63, 3.8) is 0 Å². The fraction of sp³-hybridized carbons (Fsp3) is 0. The Labute approximate surface area is 123 Å². The minimum atomic E-state index is -1.14. The van der Waals surface area contributed by atoms with Gasteiger partial charge in [0, 0.05) is 4.47 Å². The number of benzene rings is 2. The van der Waals surface area contributed by atoms with Crippen LogP contribution in [0.25, 0.3) is 0 Å². The van der Waals surface area contributed by atoms with E-state index in [9.17, 15) is 9.59 Å². The Balaban J connectivity index is 2.18. The van der Waals surface area contributed by atoms with E-state index in [1.54, 1.807) is 42.5 Å². The van der Waals surface area contributed by atoms with Crippen LogP contribution in [0.5, 0.6) is 5.75 Å². The van der Waals surface area contributed by atoms with E-state index in [1.165, 1.54) is 6.07 Å². The van der Waals surface area contributed by atoms with E-state index < -0.39 is 12.1 Å². The van der Waals surface area contributed by atoms with Crippen molar-refractivity contribution < 1.29 is 19.4 Å². The number of anilines is 1. The van der Waals surface area contributed by atoms with Crippen LogP contribution < -0.4 is 10.1 Å². The molecule has 102 valence electrons. The zero-order valence-corrected chi connectivity index (χ0v) is 11.8. The van der Waals surface area contributed by atoms with Crippen LogP contribution in [0.15, 0.2) is 53.0 Å². The topological polar surface area (TPSA) is 75.6 Å². The third-order valence-corrected chi connectivity index (χ3v) is 3.09. The second kappa shape index (κ2) is 6.21. The van der Waals surface area contributed by atoms with Gasteiger partial charge < -0.3 is 9.84 Å². The highest BCUT2D eigenvalue weighted by atomic mass is 79.9.